The van der Waals surface area contributed by atoms with Crippen LogP contribution in [0.1, 0.15) is 42.5 Å². The van der Waals surface area contributed by atoms with Gasteiger partial charge >= 0.3 is 0 Å². The maximum atomic E-state index is 13.3. The van der Waals surface area contributed by atoms with Crippen LogP contribution in [0, 0.1) is 5.41 Å². The number of piperidine rings is 1. The fraction of sp³-hybridized carbons (Fsp3) is 0.476. The van der Waals surface area contributed by atoms with Crippen LogP contribution in [0.4, 0.5) is 5.95 Å². The lowest BCUT2D eigenvalue weighted by atomic mass is 9.60. The third kappa shape index (κ3) is 2.84. The van der Waals surface area contributed by atoms with Crippen LogP contribution in [0.3, 0.4) is 0 Å². The Morgan fingerprint density at radius 1 is 1.21 bits per heavy atom. The zero-order valence-electron chi connectivity index (χ0n) is 16.3. The molecule has 0 radical (unpaired) electrons. The van der Waals surface area contributed by atoms with E-state index in [1.807, 2.05) is 12.1 Å². The molecule has 6 nitrogen and oxygen atoms in total. The van der Waals surface area contributed by atoms with Gasteiger partial charge in [0.1, 0.15) is 0 Å². The number of aliphatic imine (C=N–C) groups is 1. The predicted octanol–water partition coefficient (Wildman–Crippen LogP) is 3.15. The van der Waals surface area contributed by atoms with Crippen LogP contribution in [0.2, 0.25) is 10.0 Å². The standard InChI is InChI=1S/C21H23Cl2N5O/c1-27-19(29)16-14(11-25-18(16)12-3-2-4-13(22)17(12)23)26-20(27)28-9-7-21(8-10-28)6-5-15(21)24/h2-4,15H,5-11,24H2,1H3/t15-/m0/s1. The lowest BCUT2D eigenvalue weighted by Gasteiger charge is -2.52. The molecule has 1 atom stereocenters. The lowest BCUT2D eigenvalue weighted by molar-refractivity contribution is 0.0607. The Bertz CT molecular complexity index is 1090. The van der Waals surface area contributed by atoms with Crippen LogP contribution in [-0.4, -0.2) is 34.4 Å². The van der Waals surface area contributed by atoms with E-state index in [1.165, 1.54) is 6.42 Å². The van der Waals surface area contributed by atoms with E-state index in [1.54, 1.807) is 17.7 Å². The number of anilines is 1. The second-order valence-electron chi connectivity index (χ2n) is 8.36. The van der Waals surface area contributed by atoms with E-state index >= 15 is 0 Å². The number of aromatic nitrogens is 2. The number of hydrogen-bond donors (Lipinski definition) is 1. The van der Waals surface area contributed by atoms with E-state index in [0.717, 1.165) is 32.4 Å². The van der Waals surface area contributed by atoms with Crippen LogP contribution in [-0.2, 0) is 13.6 Å². The first-order valence-electron chi connectivity index (χ1n) is 10.0. The number of hydrogen-bond acceptors (Lipinski definition) is 5. The summed E-state index contributed by atoms with van der Waals surface area (Å²) in [5.74, 6) is 0.713. The summed E-state index contributed by atoms with van der Waals surface area (Å²) in [4.78, 5) is 24.9. The summed E-state index contributed by atoms with van der Waals surface area (Å²) in [6, 6.07) is 5.69. The molecule has 29 heavy (non-hydrogen) atoms. The number of halogens is 2. The first-order valence-corrected chi connectivity index (χ1v) is 10.8. The van der Waals surface area contributed by atoms with Gasteiger partial charge < -0.3 is 10.6 Å². The Morgan fingerprint density at radius 3 is 2.62 bits per heavy atom. The van der Waals surface area contributed by atoms with E-state index < -0.39 is 0 Å². The van der Waals surface area contributed by atoms with Crippen molar-refractivity contribution in [2.75, 3.05) is 18.0 Å². The van der Waals surface area contributed by atoms with Gasteiger partial charge in [-0.05, 0) is 37.2 Å². The number of rotatable bonds is 2. The van der Waals surface area contributed by atoms with Crippen molar-refractivity contribution in [2.45, 2.75) is 38.3 Å². The minimum Gasteiger partial charge on any atom is -0.342 e. The average molecular weight is 432 g/mol. The van der Waals surface area contributed by atoms with Gasteiger partial charge in [-0.3, -0.25) is 14.4 Å². The largest absolute Gasteiger partial charge is 0.342 e. The summed E-state index contributed by atoms with van der Waals surface area (Å²) < 4.78 is 1.64. The topological polar surface area (TPSA) is 76.5 Å². The minimum atomic E-state index is -0.0991. The molecule has 3 heterocycles. The Morgan fingerprint density at radius 2 is 1.97 bits per heavy atom. The van der Waals surface area contributed by atoms with Gasteiger partial charge in [0.25, 0.3) is 5.56 Å². The molecule has 152 valence electrons. The molecule has 1 saturated carbocycles. The van der Waals surface area contributed by atoms with Gasteiger partial charge in [-0.2, -0.15) is 0 Å². The fourth-order valence-electron chi connectivity index (χ4n) is 4.90. The number of nitrogens with two attached hydrogens (primary N) is 1. The highest BCUT2D eigenvalue weighted by molar-refractivity contribution is 6.44. The number of fused-ring (bicyclic) bond motifs is 1. The molecule has 2 N–H and O–H groups in total. The van der Waals surface area contributed by atoms with Gasteiger partial charge in [0.05, 0.1) is 33.6 Å². The molecule has 0 unspecified atom stereocenters. The van der Waals surface area contributed by atoms with E-state index in [4.69, 9.17) is 33.9 Å². The second-order valence-corrected chi connectivity index (χ2v) is 9.14. The summed E-state index contributed by atoms with van der Waals surface area (Å²) in [7, 11) is 1.78. The van der Waals surface area contributed by atoms with Crippen molar-refractivity contribution in [1.82, 2.24) is 9.55 Å². The van der Waals surface area contributed by atoms with Crippen molar-refractivity contribution in [3.8, 4) is 0 Å². The van der Waals surface area contributed by atoms with Crippen molar-refractivity contribution in [2.24, 2.45) is 23.2 Å². The van der Waals surface area contributed by atoms with E-state index in [0.29, 0.717) is 56.5 Å². The molecule has 1 saturated heterocycles. The molecule has 0 amide bonds. The van der Waals surface area contributed by atoms with Crippen molar-refractivity contribution < 1.29 is 0 Å². The zero-order chi connectivity index (χ0) is 20.3. The maximum Gasteiger partial charge on any atom is 0.264 e. The Hall–Kier alpha value is -1.89. The van der Waals surface area contributed by atoms with Gasteiger partial charge in [-0.1, -0.05) is 35.3 Å². The molecule has 1 aromatic heterocycles. The van der Waals surface area contributed by atoms with E-state index in [9.17, 15) is 4.79 Å². The maximum absolute atomic E-state index is 13.3. The highest BCUT2D eigenvalue weighted by atomic mass is 35.5. The molecule has 1 aliphatic carbocycles. The highest BCUT2D eigenvalue weighted by Gasteiger charge is 2.46. The molecule has 0 bridgehead atoms. The molecule has 8 heteroatoms. The first-order chi connectivity index (χ1) is 13.9. The molecule has 2 fully saturated rings. The predicted molar refractivity (Wildman–Crippen MR) is 116 cm³/mol. The third-order valence-electron chi connectivity index (χ3n) is 6.95. The lowest BCUT2D eigenvalue weighted by Crippen LogP contribution is -2.56. The van der Waals surface area contributed by atoms with Gasteiger partial charge in [-0.15, -0.1) is 0 Å². The molecule has 5 rings (SSSR count). The van der Waals surface area contributed by atoms with E-state index in [2.05, 4.69) is 9.89 Å². The molecular weight excluding hydrogens is 409 g/mol. The van der Waals surface area contributed by atoms with Crippen molar-refractivity contribution in [3.63, 3.8) is 0 Å². The van der Waals surface area contributed by atoms with Crippen LogP contribution >= 0.6 is 23.2 Å². The third-order valence-corrected chi connectivity index (χ3v) is 7.77. The normalized spacial score (nSPS) is 22.4. The molecule has 1 aromatic carbocycles. The number of benzene rings is 1. The minimum absolute atomic E-state index is 0.0991. The zero-order valence-corrected chi connectivity index (χ0v) is 17.8. The van der Waals surface area contributed by atoms with Gasteiger partial charge in [0, 0.05) is 31.7 Å². The second kappa shape index (κ2) is 6.83. The van der Waals surface area contributed by atoms with Crippen molar-refractivity contribution >= 4 is 34.9 Å². The van der Waals surface area contributed by atoms with Crippen molar-refractivity contribution in [1.29, 1.82) is 0 Å². The van der Waals surface area contributed by atoms with E-state index in [-0.39, 0.29) is 5.56 Å². The van der Waals surface area contributed by atoms with Gasteiger partial charge in [0.15, 0.2) is 0 Å². The molecule has 2 aromatic rings. The summed E-state index contributed by atoms with van der Waals surface area (Å²) in [5.41, 5.74) is 8.94. The van der Waals surface area contributed by atoms with Crippen LogP contribution in [0.5, 0.6) is 0 Å². The molecule has 2 aliphatic heterocycles. The number of nitrogens with zero attached hydrogens (tertiary/aromatic N) is 4. The van der Waals surface area contributed by atoms with Crippen LogP contribution in [0.15, 0.2) is 28.0 Å². The average Bonchev–Trinajstić information content (AvgIpc) is 3.15. The Balaban J connectivity index is 1.48. The van der Waals surface area contributed by atoms with Gasteiger partial charge in [0.2, 0.25) is 5.95 Å². The summed E-state index contributed by atoms with van der Waals surface area (Å²) in [6.45, 7) is 2.13. The summed E-state index contributed by atoms with van der Waals surface area (Å²) in [5, 5.41) is 0.850. The monoisotopic (exact) mass is 431 g/mol. The van der Waals surface area contributed by atoms with Gasteiger partial charge in [-0.25, -0.2) is 4.98 Å². The van der Waals surface area contributed by atoms with Crippen LogP contribution < -0.4 is 16.2 Å². The first kappa shape index (κ1) is 19.1. The van der Waals surface area contributed by atoms with Crippen LogP contribution in [0.25, 0.3) is 0 Å². The summed E-state index contributed by atoms with van der Waals surface area (Å²) >= 11 is 12.5. The molecule has 3 aliphatic rings. The summed E-state index contributed by atoms with van der Waals surface area (Å²) in [6.07, 6.45) is 4.46. The Labute approximate surface area is 179 Å². The smallest absolute Gasteiger partial charge is 0.264 e. The van der Waals surface area contributed by atoms with Crippen molar-refractivity contribution in [3.05, 3.63) is 55.4 Å². The molecular formula is C21H23Cl2N5O. The quantitative estimate of drug-likeness (QED) is 0.791. The fourth-order valence-corrected chi connectivity index (χ4v) is 5.29. The Kier molecular flexibility index (Phi) is 4.49. The highest BCUT2D eigenvalue weighted by Crippen LogP contribution is 2.48. The molecule has 1 spiro atoms. The SMILES string of the molecule is Cn1c(N2CCC3(CC[C@@H]3N)CC2)nc2c(c1=O)C(c1cccc(Cl)c1Cl)=NC2.